The summed E-state index contributed by atoms with van der Waals surface area (Å²) in [6, 6.07) is 17.1. The molecule has 1 amide bonds. The first-order chi connectivity index (χ1) is 13.8. The van der Waals surface area contributed by atoms with Crippen LogP contribution in [0, 0.1) is 0 Å². The van der Waals surface area contributed by atoms with Gasteiger partial charge < -0.3 is 10.2 Å². The molecule has 0 aromatic heterocycles. The quantitative estimate of drug-likeness (QED) is 0.625. The highest BCUT2D eigenvalue weighted by molar-refractivity contribution is 7.89. The molecule has 6 nitrogen and oxygen atoms in total. The minimum Gasteiger partial charge on any atom is -0.354 e. The Labute approximate surface area is 173 Å². The molecule has 0 saturated heterocycles. The van der Waals surface area contributed by atoms with E-state index in [1.807, 2.05) is 32.3 Å². The van der Waals surface area contributed by atoms with Crippen LogP contribution in [0.3, 0.4) is 0 Å². The van der Waals surface area contributed by atoms with Gasteiger partial charge in [0.15, 0.2) is 0 Å². The molecule has 1 saturated carbocycles. The smallest absolute Gasteiger partial charge is 0.240 e. The van der Waals surface area contributed by atoms with E-state index in [2.05, 4.69) is 27.1 Å². The number of amides is 1. The number of hydrogen-bond acceptors (Lipinski definition) is 4. The lowest BCUT2D eigenvalue weighted by Crippen LogP contribution is -2.34. The maximum atomic E-state index is 12.3. The van der Waals surface area contributed by atoms with Crippen LogP contribution in [-0.2, 0) is 21.2 Å². The first-order valence-electron chi connectivity index (χ1n) is 9.94. The van der Waals surface area contributed by atoms with E-state index in [-0.39, 0.29) is 22.9 Å². The van der Waals surface area contributed by atoms with Crippen LogP contribution in [0.4, 0.5) is 0 Å². The van der Waals surface area contributed by atoms with Crippen LogP contribution in [0.2, 0.25) is 0 Å². The van der Waals surface area contributed by atoms with Gasteiger partial charge in [-0.3, -0.25) is 4.79 Å². The summed E-state index contributed by atoms with van der Waals surface area (Å²) in [6.07, 6.45) is 2.75. The number of aryl methyl sites for hydroxylation is 1. The number of nitrogens with one attached hydrogen (secondary N) is 2. The van der Waals surface area contributed by atoms with E-state index in [0.29, 0.717) is 19.4 Å². The molecular weight excluding hydrogens is 386 g/mol. The Balaban J connectivity index is 1.48. The third-order valence-corrected chi connectivity index (χ3v) is 6.61. The van der Waals surface area contributed by atoms with Gasteiger partial charge in [0.05, 0.1) is 10.9 Å². The Morgan fingerprint density at radius 2 is 1.72 bits per heavy atom. The number of hydrogen-bond donors (Lipinski definition) is 2. The molecular formula is C22H29N3O3S. The highest BCUT2D eigenvalue weighted by Gasteiger charge is 2.27. The van der Waals surface area contributed by atoms with Gasteiger partial charge in [-0.25, -0.2) is 13.1 Å². The molecule has 1 atom stereocenters. The van der Waals surface area contributed by atoms with Crippen molar-refractivity contribution in [2.24, 2.45) is 0 Å². The lowest BCUT2D eigenvalue weighted by Gasteiger charge is -2.25. The number of carbonyl (C=O) groups excluding carboxylic acids is 1. The number of sulfonamides is 1. The highest BCUT2D eigenvalue weighted by atomic mass is 32.2. The Hall–Kier alpha value is -2.22. The SMILES string of the molecule is CN(C)C(CNC(=O)CCc1ccc(S(=O)(=O)NC2CC2)cc1)c1ccccc1. The molecule has 7 heteroatoms. The maximum absolute atomic E-state index is 12.3. The molecule has 156 valence electrons. The Morgan fingerprint density at radius 3 is 2.31 bits per heavy atom. The van der Waals surface area contributed by atoms with Crippen molar-refractivity contribution in [1.29, 1.82) is 0 Å². The van der Waals surface area contributed by atoms with Crippen LogP contribution in [0.1, 0.15) is 36.4 Å². The number of benzene rings is 2. The van der Waals surface area contributed by atoms with E-state index in [9.17, 15) is 13.2 Å². The molecule has 0 aliphatic heterocycles. The van der Waals surface area contributed by atoms with E-state index in [1.54, 1.807) is 24.3 Å². The maximum Gasteiger partial charge on any atom is 0.240 e. The Morgan fingerprint density at radius 1 is 1.07 bits per heavy atom. The minimum absolute atomic E-state index is 0.0140. The number of carbonyl (C=O) groups is 1. The molecule has 1 fully saturated rings. The molecule has 1 aliphatic rings. The van der Waals surface area contributed by atoms with Crippen molar-refractivity contribution in [3.8, 4) is 0 Å². The third-order valence-electron chi connectivity index (χ3n) is 5.07. The van der Waals surface area contributed by atoms with E-state index in [0.717, 1.165) is 24.0 Å². The monoisotopic (exact) mass is 415 g/mol. The molecule has 0 bridgehead atoms. The molecule has 1 unspecified atom stereocenters. The summed E-state index contributed by atoms with van der Waals surface area (Å²) in [5.41, 5.74) is 2.10. The van der Waals surface area contributed by atoms with Gasteiger partial charge in [0, 0.05) is 19.0 Å². The lowest BCUT2D eigenvalue weighted by atomic mass is 10.1. The van der Waals surface area contributed by atoms with Crippen LogP contribution in [-0.4, -0.2) is 45.9 Å². The Bertz CT molecular complexity index is 908. The first kappa shape index (κ1) is 21.5. The van der Waals surface area contributed by atoms with Crippen molar-refractivity contribution in [3.63, 3.8) is 0 Å². The van der Waals surface area contributed by atoms with Gasteiger partial charge in [-0.1, -0.05) is 42.5 Å². The van der Waals surface area contributed by atoms with Gasteiger partial charge in [-0.05, 0) is 56.6 Å². The van der Waals surface area contributed by atoms with Crippen molar-refractivity contribution >= 4 is 15.9 Å². The second-order valence-electron chi connectivity index (χ2n) is 7.73. The van der Waals surface area contributed by atoms with Gasteiger partial charge in [-0.2, -0.15) is 0 Å². The van der Waals surface area contributed by atoms with Gasteiger partial charge in [0.25, 0.3) is 0 Å². The second kappa shape index (κ2) is 9.52. The number of rotatable bonds is 10. The number of nitrogens with zero attached hydrogens (tertiary/aromatic N) is 1. The summed E-state index contributed by atoms with van der Waals surface area (Å²) in [4.78, 5) is 14.7. The van der Waals surface area contributed by atoms with Crippen molar-refractivity contribution in [2.75, 3.05) is 20.6 Å². The van der Waals surface area contributed by atoms with Crippen molar-refractivity contribution in [2.45, 2.75) is 42.7 Å². The Kier molecular flexibility index (Phi) is 7.05. The first-order valence-corrected chi connectivity index (χ1v) is 11.4. The van der Waals surface area contributed by atoms with Crippen LogP contribution in [0.25, 0.3) is 0 Å². The molecule has 0 radical (unpaired) electrons. The van der Waals surface area contributed by atoms with Crippen LogP contribution in [0.15, 0.2) is 59.5 Å². The summed E-state index contributed by atoms with van der Waals surface area (Å²) in [7, 11) is 0.563. The van der Waals surface area contributed by atoms with E-state index in [1.165, 1.54) is 0 Å². The van der Waals surface area contributed by atoms with Crippen LogP contribution in [0.5, 0.6) is 0 Å². The van der Waals surface area contributed by atoms with E-state index < -0.39 is 10.0 Å². The van der Waals surface area contributed by atoms with Crippen LogP contribution < -0.4 is 10.0 Å². The molecule has 2 aromatic rings. The van der Waals surface area contributed by atoms with Crippen LogP contribution >= 0.6 is 0 Å². The largest absolute Gasteiger partial charge is 0.354 e. The topological polar surface area (TPSA) is 78.5 Å². The zero-order chi connectivity index (χ0) is 20.9. The normalized spacial score (nSPS) is 15.3. The van der Waals surface area contributed by atoms with E-state index in [4.69, 9.17) is 0 Å². The molecule has 1 aliphatic carbocycles. The third kappa shape index (κ3) is 6.39. The predicted molar refractivity (Wildman–Crippen MR) is 114 cm³/mol. The fraction of sp³-hybridized carbons (Fsp3) is 0.409. The fourth-order valence-electron chi connectivity index (χ4n) is 3.15. The van der Waals surface area contributed by atoms with Gasteiger partial charge in [-0.15, -0.1) is 0 Å². The second-order valence-corrected chi connectivity index (χ2v) is 9.45. The zero-order valence-electron chi connectivity index (χ0n) is 17.0. The van der Waals surface area contributed by atoms with Crippen molar-refractivity contribution < 1.29 is 13.2 Å². The zero-order valence-corrected chi connectivity index (χ0v) is 17.8. The van der Waals surface area contributed by atoms with Gasteiger partial charge >= 0.3 is 0 Å². The predicted octanol–water partition coefficient (Wildman–Crippen LogP) is 2.48. The lowest BCUT2D eigenvalue weighted by molar-refractivity contribution is -0.121. The summed E-state index contributed by atoms with van der Waals surface area (Å²) < 4.78 is 27.1. The fourth-order valence-corrected chi connectivity index (χ4v) is 4.46. The standard InChI is InChI=1S/C22H29N3O3S/c1-25(2)21(18-6-4-3-5-7-18)16-23-22(26)15-10-17-8-13-20(14-9-17)29(27,28)24-19-11-12-19/h3-9,13-14,19,21,24H,10-12,15-16H2,1-2H3,(H,23,26). The van der Waals surface area contributed by atoms with Gasteiger partial charge in [0.1, 0.15) is 0 Å². The molecule has 2 N–H and O–H groups in total. The summed E-state index contributed by atoms with van der Waals surface area (Å²) in [5.74, 6) is -0.0140. The molecule has 29 heavy (non-hydrogen) atoms. The molecule has 0 spiro atoms. The molecule has 2 aromatic carbocycles. The minimum atomic E-state index is -3.43. The summed E-state index contributed by atoms with van der Waals surface area (Å²) in [5, 5.41) is 3.01. The number of likely N-dealkylation sites (N-methyl/N-ethyl adjacent to an activating group) is 1. The molecule has 3 rings (SSSR count). The van der Waals surface area contributed by atoms with Gasteiger partial charge in [0.2, 0.25) is 15.9 Å². The van der Waals surface area contributed by atoms with Crippen molar-refractivity contribution in [1.82, 2.24) is 14.9 Å². The van der Waals surface area contributed by atoms with E-state index >= 15 is 0 Å². The average Bonchev–Trinajstić information content (AvgIpc) is 3.51. The average molecular weight is 416 g/mol. The summed E-state index contributed by atoms with van der Waals surface area (Å²) >= 11 is 0. The molecule has 0 heterocycles. The summed E-state index contributed by atoms with van der Waals surface area (Å²) in [6.45, 7) is 0.542. The highest BCUT2D eigenvalue weighted by Crippen LogP contribution is 2.22. The van der Waals surface area contributed by atoms with Crippen molar-refractivity contribution in [3.05, 3.63) is 65.7 Å².